The molecule has 0 fully saturated rings. The minimum atomic E-state index is -0.254. The maximum Gasteiger partial charge on any atom is 0.255 e. The lowest BCUT2D eigenvalue weighted by atomic mass is 10.2. The van der Waals surface area contributed by atoms with E-state index in [1.54, 1.807) is 18.3 Å². The molecule has 126 valence electrons. The number of amides is 1. The van der Waals surface area contributed by atoms with E-state index in [2.05, 4.69) is 10.3 Å². The highest BCUT2D eigenvalue weighted by Crippen LogP contribution is 2.22. The van der Waals surface area contributed by atoms with E-state index in [1.807, 2.05) is 55.5 Å². The molecular weight excluding hydrogens is 314 g/mol. The molecule has 0 spiro atoms. The standard InChI is InChI=1S/C20H19N3O2/c1-14-7-9-16(10-8-14)25-17-5-2-4-15(12-17)13-23-20(24)18-6-3-11-22-19(18)21/h2-12H,13H2,1H3,(H2,21,22)(H,23,24). The largest absolute Gasteiger partial charge is 0.457 e. The topological polar surface area (TPSA) is 77.2 Å². The molecule has 0 bridgehead atoms. The Morgan fingerprint density at radius 2 is 1.88 bits per heavy atom. The van der Waals surface area contributed by atoms with E-state index in [9.17, 15) is 4.79 Å². The maximum absolute atomic E-state index is 12.2. The highest BCUT2D eigenvalue weighted by Gasteiger charge is 2.09. The van der Waals surface area contributed by atoms with Crippen LogP contribution >= 0.6 is 0 Å². The summed E-state index contributed by atoms with van der Waals surface area (Å²) < 4.78 is 5.84. The van der Waals surface area contributed by atoms with E-state index < -0.39 is 0 Å². The number of hydrogen-bond acceptors (Lipinski definition) is 4. The fourth-order valence-corrected chi connectivity index (χ4v) is 2.35. The van der Waals surface area contributed by atoms with Crippen molar-refractivity contribution >= 4 is 11.7 Å². The Bertz CT molecular complexity index is 876. The summed E-state index contributed by atoms with van der Waals surface area (Å²) in [7, 11) is 0. The van der Waals surface area contributed by atoms with Gasteiger partial charge in [0.1, 0.15) is 17.3 Å². The van der Waals surface area contributed by atoms with Gasteiger partial charge in [-0.25, -0.2) is 4.98 Å². The molecular formula is C20H19N3O2. The fraction of sp³-hybridized carbons (Fsp3) is 0.100. The lowest BCUT2D eigenvalue weighted by Crippen LogP contribution is -2.24. The van der Waals surface area contributed by atoms with Gasteiger partial charge < -0.3 is 15.8 Å². The summed E-state index contributed by atoms with van der Waals surface area (Å²) in [4.78, 5) is 16.1. The van der Waals surface area contributed by atoms with Gasteiger partial charge in [0.15, 0.2) is 0 Å². The number of nitrogens with zero attached hydrogens (tertiary/aromatic N) is 1. The van der Waals surface area contributed by atoms with Gasteiger partial charge in [-0.05, 0) is 48.9 Å². The zero-order valence-electron chi connectivity index (χ0n) is 13.9. The van der Waals surface area contributed by atoms with E-state index in [0.717, 1.165) is 17.1 Å². The van der Waals surface area contributed by atoms with Crippen LogP contribution in [0.2, 0.25) is 0 Å². The van der Waals surface area contributed by atoms with Gasteiger partial charge >= 0.3 is 0 Å². The van der Waals surface area contributed by atoms with Crippen molar-refractivity contribution in [3.05, 3.63) is 83.6 Å². The minimum Gasteiger partial charge on any atom is -0.457 e. The van der Waals surface area contributed by atoms with Crippen molar-refractivity contribution < 1.29 is 9.53 Å². The second-order valence-electron chi connectivity index (χ2n) is 5.68. The van der Waals surface area contributed by atoms with Crippen LogP contribution in [0.4, 0.5) is 5.82 Å². The summed E-state index contributed by atoms with van der Waals surface area (Å²) in [5.41, 5.74) is 8.20. The van der Waals surface area contributed by atoms with Crippen LogP contribution in [0.15, 0.2) is 66.9 Å². The minimum absolute atomic E-state index is 0.219. The first-order valence-electron chi connectivity index (χ1n) is 7.94. The van der Waals surface area contributed by atoms with Gasteiger partial charge in [-0.15, -0.1) is 0 Å². The SMILES string of the molecule is Cc1ccc(Oc2cccc(CNC(=O)c3cccnc3N)c2)cc1. The Morgan fingerprint density at radius 3 is 2.64 bits per heavy atom. The third kappa shape index (κ3) is 4.35. The quantitative estimate of drug-likeness (QED) is 0.746. The first kappa shape index (κ1) is 16.5. The molecule has 0 radical (unpaired) electrons. The highest BCUT2D eigenvalue weighted by molar-refractivity contribution is 5.98. The molecule has 0 saturated heterocycles. The van der Waals surface area contributed by atoms with Crippen LogP contribution in [-0.4, -0.2) is 10.9 Å². The number of nitrogens with one attached hydrogen (secondary N) is 1. The average molecular weight is 333 g/mol. The van der Waals surface area contributed by atoms with Crippen molar-refractivity contribution in [1.82, 2.24) is 10.3 Å². The number of carbonyl (C=O) groups excluding carboxylic acids is 1. The average Bonchev–Trinajstić information content (AvgIpc) is 2.62. The zero-order valence-corrected chi connectivity index (χ0v) is 13.9. The predicted molar refractivity (Wildman–Crippen MR) is 97.5 cm³/mol. The molecule has 1 aromatic heterocycles. The number of anilines is 1. The van der Waals surface area contributed by atoms with Crippen molar-refractivity contribution in [3.8, 4) is 11.5 Å². The molecule has 5 heteroatoms. The summed E-state index contributed by atoms with van der Waals surface area (Å²) in [5, 5.41) is 2.84. The number of nitrogen functional groups attached to an aromatic ring is 1. The molecule has 1 heterocycles. The molecule has 1 amide bonds. The summed E-state index contributed by atoms with van der Waals surface area (Å²) in [6.45, 7) is 2.40. The molecule has 25 heavy (non-hydrogen) atoms. The van der Waals surface area contributed by atoms with E-state index in [4.69, 9.17) is 10.5 Å². The molecule has 0 aliphatic rings. The van der Waals surface area contributed by atoms with Crippen LogP contribution in [-0.2, 0) is 6.54 Å². The summed E-state index contributed by atoms with van der Waals surface area (Å²) in [6, 6.07) is 18.8. The monoisotopic (exact) mass is 333 g/mol. The fourth-order valence-electron chi connectivity index (χ4n) is 2.35. The summed E-state index contributed by atoms with van der Waals surface area (Å²) in [5.74, 6) is 1.46. The molecule has 0 unspecified atom stereocenters. The molecule has 0 atom stereocenters. The normalized spacial score (nSPS) is 10.3. The van der Waals surface area contributed by atoms with Crippen molar-refractivity contribution in [2.45, 2.75) is 13.5 Å². The van der Waals surface area contributed by atoms with E-state index in [-0.39, 0.29) is 11.7 Å². The van der Waals surface area contributed by atoms with Crippen molar-refractivity contribution in [1.29, 1.82) is 0 Å². The second-order valence-corrected chi connectivity index (χ2v) is 5.68. The van der Waals surface area contributed by atoms with Gasteiger partial charge in [-0.1, -0.05) is 29.8 Å². The number of ether oxygens (including phenoxy) is 1. The molecule has 5 nitrogen and oxygen atoms in total. The Hall–Kier alpha value is -3.34. The molecule has 0 saturated carbocycles. The number of hydrogen-bond donors (Lipinski definition) is 2. The first-order chi connectivity index (χ1) is 12.1. The third-order valence-electron chi connectivity index (χ3n) is 3.69. The van der Waals surface area contributed by atoms with Crippen molar-refractivity contribution in [3.63, 3.8) is 0 Å². The van der Waals surface area contributed by atoms with Crippen LogP contribution in [0.25, 0.3) is 0 Å². The Balaban J connectivity index is 1.64. The maximum atomic E-state index is 12.2. The van der Waals surface area contributed by atoms with Gasteiger partial charge in [0.05, 0.1) is 5.56 Å². The predicted octanol–water partition coefficient (Wildman–Crippen LogP) is 3.69. The first-order valence-corrected chi connectivity index (χ1v) is 7.94. The zero-order chi connectivity index (χ0) is 17.6. The Kier molecular flexibility index (Phi) is 4.95. The number of pyridine rings is 1. The van der Waals surface area contributed by atoms with Gasteiger partial charge in [0, 0.05) is 12.7 Å². The van der Waals surface area contributed by atoms with Crippen LogP contribution in [0.3, 0.4) is 0 Å². The van der Waals surface area contributed by atoms with Crippen molar-refractivity contribution in [2.24, 2.45) is 0 Å². The van der Waals surface area contributed by atoms with Crippen LogP contribution in [0.1, 0.15) is 21.5 Å². The molecule has 3 aromatic rings. The Morgan fingerprint density at radius 1 is 1.08 bits per heavy atom. The van der Waals surface area contributed by atoms with Gasteiger partial charge in [0.25, 0.3) is 5.91 Å². The lowest BCUT2D eigenvalue weighted by molar-refractivity contribution is 0.0951. The van der Waals surface area contributed by atoms with Crippen LogP contribution < -0.4 is 15.8 Å². The molecule has 0 aliphatic heterocycles. The lowest BCUT2D eigenvalue weighted by Gasteiger charge is -2.09. The van der Waals surface area contributed by atoms with Gasteiger partial charge in [0.2, 0.25) is 0 Å². The summed E-state index contributed by atoms with van der Waals surface area (Å²) >= 11 is 0. The van der Waals surface area contributed by atoms with E-state index in [1.165, 1.54) is 5.56 Å². The number of aryl methyl sites for hydroxylation is 1. The van der Waals surface area contributed by atoms with E-state index in [0.29, 0.717) is 12.1 Å². The van der Waals surface area contributed by atoms with Crippen LogP contribution in [0, 0.1) is 6.92 Å². The summed E-state index contributed by atoms with van der Waals surface area (Å²) in [6.07, 6.45) is 1.55. The van der Waals surface area contributed by atoms with Gasteiger partial charge in [-0.3, -0.25) is 4.79 Å². The third-order valence-corrected chi connectivity index (χ3v) is 3.69. The Labute approximate surface area is 146 Å². The number of rotatable bonds is 5. The number of nitrogens with two attached hydrogens (primary N) is 1. The smallest absolute Gasteiger partial charge is 0.255 e. The number of carbonyl (C=O) groups is 1. The molecule has 2 aromatic carbocycles. The highest BCUT2D eigenvalue weighted by atomic mass is 16.5. The van der Waals surface area contributed by atoms with E-state index >= 15 is 0 Å². The molecule has 0 aliphatic carbocycles. The van der Waals surface area contributed by atoms with Gasteiger partial charge in [-0.2, -0.15) is 0 Å². The van der Waals surface area contributed by atoms with Crippen molar-refractivity contribution in [2.75, 3.05) is 5.73 Å². The molecule has 3 rings (SSSR count). The van der Waals surface area contributed by atoms with Crippen LogP contribution in [0.5, 0.6) is 11.5 Å². The second kappa shape index (κ2) is 7.49. The number of benzene rings is 2. The number of aromatic nitrogens is 1. The molecule has 3 N–H and O–H groups in total.